The summed E-state index contributed by atoms with van der Waals surface area (Å²) in [5, 5.41) is 24.8. The summed E-state index contributed by atoms with van der Waals surface area (Å²) in [5.74, 6) is 0.312. The van der Waals surface area contributed by atoms with Crippen molar-refractivity contribution in [2.75, 3.05) is 13.7 Å². The van der Waals surface area contributed by atoms with Gasteiger partial charge in [-0.25, -0.2) is 0 Å². The third-order valence-electron chi connectivity index (χ3n) is 1.66. The zero-order valence-corrected chi connectivity index (χ0v) is 7.99. The van der Waals surface area contributed by atoms with E-state index in [-0.39, 0.29) is 6.61 Å². The molecule has 1 rings (SSSR count). The van der Waals surface area contributed by atoms with Gasteiger partial charge in [-0.1, -0.05) is 12.1 Å². The summed E-state index contributed by atoms with van der Waals surface area (Å²) < 4.78 is 0. The average Bonchev–Trinajstić information content (AvgIpc) is 2.15. The van der Waals surface area contributed by atoms with E-state index in [0.717, 1.165) is 18.2 Å². The molecule has 0 saturated heterocycles. The highest BCUT2D eigenvalue weighted by atomic mass is 16.3. The number of aliphatic hydroxyl groups is 2. The molecule has 0 radical (unpaired) electrons. The maximum absolute atomic E-state index is 9.15. The Bertz CT molecular complexity index is 246. The molecule has 3 nitrogen and oxygen atoms in total. The Morgan fingerprint density at radius 2 is 1.85 bits per heavy atom. The number of benzene rings is 1. The third-order valence-corrected chi connectivity index (χ3v) is 1.66. The van der Waals surface area contributed by atoms with Crippen molar-refractivity contribution in [2.24, 2.45) is 0 Å². The summed E-state index contributed by atoms with van der Waals surface area (Å²) in [6.07, 6.45) is 0.654. The first-order chi connectivity index (χ1) is 6.24. The molecule has 1 aromatic rings. The fraction of sp³-hybridized carbons (Fsp3) is 0.400. The highest BCUT2D eigenvalue weighted by molar-refractivity contribution is 5.34. The van der Waals surface area contributed by atoms with Crippen molar-refractivity contribution in [3.05, 3.63) is 29.3 Å². The van der Waals surface area contributed by atoms with Gasteiger partial charge in [0.1, 0.15) is 5.75 Å². The summed E-state index contributed by atoms with van der Waals surface area (Å²) in [6.45, 7) is 2.00. The summed E-state index contributed by atoms with van der Waals surface area (Å²) in [7, 11) is 1.00. The van der Waals surface area contributed by atoms with Crippen LogP contribution in [0.25, 0.3) is 0 Å². The number of aliphatic hydroxyl groups excluding tert-OH is 2. The highest BCUT2D eigenvalue weighted by Gasteiger charge is 1.96. The van der Waals surface area contributed by atoms with Crippen LogP contribution in [0.4, 0.5) is 0 Å². The molecule has 0 atom stereocenters. The predicted molar refractivity (Wildman–Crippen MR) is 51.8 cm³/mol. The van der Waals surface area contributed by atoms with E-state index >= 15 is 0 Å². The summed E-state index contributed by atoms with van der Waals surface area (Å²) in [6, 6.07) is 5.35. The molecule has 0 aliphatic carbocycles. The second-order valence-electron chi connectivity index (χ2n) is 2.59. The van der Waals surface area contributed by atoms with Crippen LogP contribution in [0.3, 0.4) is 0 Å². The lowest BCUT2D eigenvalue weighted by atomic mass is 10.1. The van der Waals surface area contributed by atoms with Gasteiger partial charge in [0.25, 0.3) is 0 Å². The zero-order chi connectivity index (χ0) is 10.3. The molecule has 3 N–H and O–H groups in total. The lowest BCUT2D eigenvalue weighted by Crippen LogP contribution is -1.90. The Hall–Kier alpha value is -1.06. The largest absolute Gasteiger partial charge is 0.508 e. The van der Waals surface area contributed by atoms with Crippen molar-refractivity contribution >= 4 is 0 Å². The summed E-state index contributed by atoms with van der Waals surface area (Å²) >= 11 is 0. The van der Waals surface area contributed by atoms with Gasteiger partial charge in [0.05, 0.1) is 0 Å². The maximum atomic E-state index is 9.15. The van der Waals surface area contributed by atoms with Crippen molar-refractivity contribution in [3.63, 3.8) is 0 Å². The van der Waals surface area contributed by atoms with Gasteiger partial charge in [0.2, 0.25) is 0 Å². The van der Waals surface area contributed by atoms with Gasteiger partial charge in [-0.15, -0.1) is 0 Å². The Kier molecular flexibility index (Phi) is 5.93. The number of phenolic OH excluding ortho intramolecular Hbond substituents is 1. The second kappa shape index (κ2) is 6.46. The minimum atomic E-state index is 0.157. The van der Waals surface area contributed by atoms with Crippen molar-refractivity contribution < 1.29 is 15.3 Å². The van der Waals surface area contributed by atoms with Crippen LogP contribution in [0.2, 0.25) is 0 Å². The molecule has 3 heteroatoms. The first kappa shape index (κ1) is 11.9. The molecule has 0 aliphatic rings. The summed E-state index contributed by atoms with van der Waals surface area (Å²) in [4.78, 5) is 0. The topological polar surface area (TPSA) is 60.7 Å². The number of aryl methyl sites for hydroxylation is 1. The van der Waals surface area contributed by atoms with E-state index in [9.17, 15) is 0 Å². The molecule has 0 heterocycles. The lowest BCUT2D eigenvalue weighted by Gasteiger charge is -2.01. The molecule has 0 saturated carbocycles. The third kappa shape index (κ3) is 3.92. The van der Waals surface area contributed by atoms with Crippen LogP contribution in [0.15, 0.2) is 18.2 Å². The van der Waals surface area contributed by atoms with E-state index in [2.05, 4.69) is 0 Å². The zero-order valence-electron chi connectivity index (χ0n) is 7.99. The monoisotopic (exact) mass is 184 g/mol. The number of hydrogen-bond acceptors (Lipinski definition) is 3. The molecule has 0 aliphatic heterocycles. The molecule has 0 unspecified atom stereocenters. The fourth-order valence-electron chi connectivity index (χ4n) is 1.00. The van der Waals surface area contributed by atoms with Crippen LogP contribution in [-0.2, 0) is 6.42 Å². The lowest BCUT2D eigenvalue weighted by molar-refractivity contribution is 0.299. The minimum absolute atomic E-state index is 0.157. The van der Waals surface area contributed by atoms with Gasteiger partial charge >= 0.3 is 0 Å². The van der Waals surface area contributed by atoms with E-state index in [1.165, 1.54) is 0 Å². The van der Waals surface area contributed by atoms with Crippen molar-refractivity contribution in [1.29, 1.82) is 0 Å². The summed E-state index contributed by atoms with van der Waals surface area (Å²) in [5.41, 5.74) is 1.92. The highest BCUT2D eigenvalue weighted by Crippen LogP contribution is 2.16. The van der Waals surface area contributed by atoms with Gasteiger partial charge in [-0.2, -0.15) is 0 Å². The van der Waals surface area contributed by atoms with Crippen molar-refractivity contribution in [1.82, 2.24) is 0 Å². The molecule has 0 fully saturated rings. The van der Waals surface area contributed by atoms with Gasteiger partial charge < -0.3 is 15.3 Å². The molecule has 1 aromatic carbocycles. The number of rotatable bonds is 2. The van der Waals surface area contributed by atoms with Crippen LogP contribution < -0.4 is 0 Å². The Labute approximate surface area is 78.3 Å². The van der Waals surface area contributed by atoms with E-state index in [0.29, 0.717) is 12.2 Å². The first-order valence-electron chi connectivity index (χ1n) is 4.08. The SMILES string of the molecule is CO.Cc1cc(CCO)ccc1O. The van der Waals surface area contributed by atoms with Crippen molar-refractivity contribution in [3.8, 4) is 5.75 Å². The normalized spacial score (nSPS) is 8.92. The smallest absolute Gasteiger partial charge is 0.118 e. The van der Waals surface area contributed by atoms with Gasteiger partial charge in [0, 0.05) is 13.7 Å². The van der Waals surface area contributed by atoms with E-state index in [4.69, 9.17) is 15.3 Å². The molecular weight excluding hydrogens is 168 g/mol. The second-order valence-corrected chi connectivity index (χ2v) is 2.59. The Morgan fingerprint density at radius 1 is 1.23 bits per heavy atom. The van der Waals surface area contributed by atoms with E-state index < -0.39 is 0 Å². The molecule has 0 spiro atoms. The van der Waals surface area contributed by atoms with Crippen LogP contribution in [-0.4, -0.2) is 29.0 Å². The quantitative estimate of drug-likeness (QED) is 0.638. The number of aromatic hydroxyl groups is 1. The van der Waals surface area contributed by atoms with Gasteiger partial charge in [-0.3, -0.25) is 0 Å². The maximum Gasteiger partial charge on any atom is 0.118 e. The molecule has 13 heavy (non-hydrogen) atoms. The van der Waals surface area contributed by atoms with Crippen LogP contribution in [0.1, 0.15) is 11.1 Å². The van der Waals surface area contributed by atoms with E-state index in [1.54, 1.807) is 6.07 Å². The molecule has 74 valence electrons. The molecule has 0 bridgehead atoms. The van der Waals surface area contributed by atoms with Crippen LogP contribution in [0, 0.1) is 6.92 Å². The van der Waals surface area contributed by atoms with Gasteiger partial charge in [-0.05, 0) is 30.5 Å². The fourth-order valence-corrected chi connectivity index (χ4v) is 1.00. The van der Waals surface area contributed by atoms with Crippen molar-refractivity contribution in [2.45, 2.75) is 13.3 Å². The molecule has 0 amide bonds. The first-order valence-corrected chi connectivity index (χ1v) is 4.08. The number of phenols is 1. The standard InChI is InChI=1S/C9H12O2.CH4O/c1-7-6-8(4-5-10)2-3-9(7)11;1-2/h2-3,6,10-11H,4-5H2,1H3;2H,1H3. The molecule has 0 aromatic heterocycles. The van der Waals surface area contributed by atoms with E-state index in [1.807, 2.05) is 19.1 Å². The Balaban J connectivity index is 0.000000671. The van der Waals surface area contributed by atoms with Crippen LogP contribution in [0.5, 0.6) is 5.75 Å². The molecular formula is C10H16O3. The minimum Gasteiger partial charge on any atom is -0.508 e. The average molecular weight is 184 g/mol. The van der Waals surface area contributed by atoms with Gasteiger partial charge in [0.15, 0.2) is 0 Å². The predicted octanol–water partition coefficient (Wildman–Crippen LogP) is 0.844. The van der Waals surface area contributed by atoms with Crippen LogP contribution >= 0.6 is 0 Å². The number of hydrogen-bond donors (Lipinski definition) is 3. The Morgan fingerprint density at radius 3 is 2.31 bits per heavy atom.